The van der Waals surface area contributed by atoms with Crippen LogP contribution in [-0.2, 0) is 0 Å². The molecule has 18 heavy (non-hydrogen) atoms. The van der Waals surface area contributed by atoms with E-state index in [0.717, 1.165) is 22.3 Å². The molecule has 0 amide bonds. The van der Waals surface area contributed by atoms with Gasteiger partial charge in [-0.05, 0) is 54.3 Å². The summed E-state index contributed by atoms with van der Waals surface area (Å²) >= 11 is 6.10. The second kappa shape index (κ2) is 4.83. The van der Waals surface area contributed by atoms with Crippen LogP contribution in [0.15, 0.2) is 36.4 Å². The van der Waals surface area contributed by atoms with Gasteiger partial charge in [0.15, 0.2) is 0 Å². The number of rotatable bonds is 2. The molecule has 0 fully saturated rings. The fraction of sp³-hybridized carbons (Fsp3) is 0.133. The molecule has 92 valence electrons. The molecule has 0 aromatic heterocycles. The Kier molecular flexibility index (Phi) is 3.39. The van der Waals surface area contributed by atoms with Crippen molar-refractivity contribution in [2.45, 2.75) is 13.8 Å². The molecule has 0 aliphatic carbocycles. The molecule has 1 N–H and O–H groups in total. The quantitative estimate of drug-likeness (QED) is 0.873. The van der Waals surface area contributed by atoms with Crippen LogP contribution in [0.25, 0.3) is 11.1 Å². The van der Waals surface area contributed by atoms with Crippen LogP contribution in [0.2, 0.25) is 5.02 Å². The first-order chi connectivity index (χ1) is 8.50. The van der Waals surface area contributed by atoms with Crippen molar-refractivity contribution in [2.75, 3.05) is 0 Å². The summed E-state index contributed by atoms with van der Waals surface area (Å²) in [6, 6.07) is 10.9. The van der Waals surface area contributed by atoms with Crippen molar-refractivity contribution in [3.63, 3.8) is 0 Å². The van der Waals surface area contributed by atoms with Crippen LogP contribution in [0.3, 0.4) is 0 Å². The smallest absolute Gasteiger partial charge is 0.335 e. The Morgan fingerprint density at radius 2 is 1.83 bits per heavy atom. The summed E-state index contributed by atoms with van der Waals surface area (Å²) in [4.78, 5) is 10.9. The number of hydrogen-bond donors (Lipinski definition) is 1. The molecule has 2 rings (SSSR count). The molecule has 0 unspecified atom stereocenters. The maximum Gasteiger partial charge on any atom is 0.335 e. The molecule has 0 aliphatic rings. The minimum absolute atomic E-state index is 0.302. The van der Waals surface area contributed by atoms with Gasteiger partial charge in [0.2, 0.25) is 0 Å². The maximum absolute atomic E-state index is 10.9. The zero-order chi connectivity index (χ0) is 13.3. The molecule has 0 atom stereocenters. The predicted molar refractivity (Wildman–Crippen MR) is 73.3 cm³/mol. The van der Waals surface area contributed by atoms with Crippen LogP contribution >= 0.6 is 11.6 Å². The average molecular weight is 261 g/mol. The third-order valence-corrected chi connectivity index (χ3v) is 3.44. The van der Waals surface area contributed by atoms with Crippen molar-refractivity contribution in [3.8, 4) is 11.1 Å². The van der Waals surface area contributed by atoms with E-state index >= 15 is 0 Å². The maximum atomic E-state index is 10.9. The molecule has 0 radical (unpaired) electrons. The molecule has 0 aliphatic heterocycles. The zero-order valence-corrected chi connectivity index (χ0v) is 11.0. The number of carboxylic acid groups (broad SMARTS) is 1. The van der Waals surface area contributed by atoms with Crippen molar-refractivity contribution < 1.29 is 9.90 Å². The standard InChI is InChI=1S/C15H13ClO2/c1-9-8-11(15(17)18)6-7-12(9)13-4-3-5-14(16)10(13)2/h3-8H,1-2H3,(H,17,18). The Hall–Kier alpha value is -1.80. The highest BCUT2D eigenvalue weighted by molar-refractivity contribution is 6.31. The number of carbonyl (C=O) groups is 1. The van der Waals surface area contributed by atoms with Crippen molar-refractivity contribution in [3.05, 3.63) is 58.1 Å². The molecular weight excluding hydrogens is 248 g/mol. The lowest BCUT2D eigenvalue weighted by atomic mass is 9.95. The number of hydrogen-bond acceptors (Lipinski definition) is 1. The Labute approximate surface area is 111 Å². The van der Waals surface area contributed by atoms with Gasteiger partial charge in [0, 0.05) is 5.02 Å². The van der Waals surface area contributed by atoms with Gasteiger partial charge in [-0.15, -0.1) is 0 Å². The highest BCUT2D eigenvalue weighted by atomic mass is 35.5. The van der Waals surface area contributed by atoms with Crippen molar-refractivity contribution in [1.29, 1.82) is 0 Å². The number of halogens is 1. The van der Waals surface area contributed by atoms with E-state index in [1.807, 2.05) is 38.1 Å². The van der Waals surface area contributed by atoms with Gasteiger partial charge in [-0.1, -0.05) is 29.8 Å². The molecule has 2 aromatic carbocycles. The first kappa shape index (κ1) is 12.7. The second-order valence-electron chi connectivity index (χ2n) is 4.25. The lowest BCUT2D eigenvalue weighted by molar-refractivity contribution is 0.0697. The van der Waals surface area contributed by atoms with Gasteiger partial charge in [0.25, 0.3) is 0 Å². The second-order valence-corrected chi connectivity index (χ2v) is 4.65. The van der Waals surface area contributed by atoms with E-state index in [1.54, 1.807) is 12.1 Å². The summed E-state index contributed by atoms with van der Waals surface area (Å²) in [5.41, 5.74) is 4.29. The molecule has 2 nitrogen and oxygen atoms in total. The SMILES string of the molecule is Cc1cc(C(=O)O)ccc1-c1cccc(Cl)c1C. The molecular formula is C15H13ClO2. The summed E-state index contributed by atoms with van der Waals surface area (Å²) in [7, 11) is 0. The van der Waals surface area contributed by atoms with Gasteiger partial charge in [0.05, 0.1) is 5.56 Å². The van der Waals surface area contributed by atoms with E-state index in [4.69, 9.17) is 16.7 Å². The highest BCUT2D eigenvalue weighted by Gasteiger charge is 2.10. The van der Waals surface area contributed by atoms with Gasteiger partial charge in [-0.2, -0.15) is 0 Å². The third kappa shape index (κ3) is 2.24. The van der Waals surface area contributed by atoms with E-state index in [1.165, 1.54) is 0 Å². The molecule has 0 bridgehead atoms. The largest absolute Gasteiger partial charge is 0.478 e. The molecule has 3 heteroatoms. The Morgan fingerprint density at radius 1 is 1.11 bits per heavy atom. The third-order valence-electron chi connectivity index (χ3n) is 3.03. The summed E-state index contributed by atoms with van der Waals surface area (Å²) in [6.45, 7) is 3.87. The van der Waals surface area contributed by atoms with Crippen LogP contribution in [0.4, 0.5) is 0 Å². The fourth-order valence-corrected chi connectivity index (χ4v) is 2.17. The van der Waals surface area contributed by atoms with Crippen LogP contribution in [0.1, 0.15) is 21.5 Å². The summed E-state index contributed by atoms with van der Waals surface area (Å²) in [5.74, 6) is -0.910. The summed E-state index contributed by atoms with van der Waals surface area (Å²) < 4.78 is 0. The number of aromatic carboxylic acids is 1. The lowest BCUT2D eigenvalue weighted by Crippen LogP contribution is -1.97. The predicted octanol–water partition coefficient (Wildman–Crippen LogP) is 4.32. The van der Waals surface area contributed by atoms with E-state index in [-0.39, 0.29) is 0 Å². The normalized spacial score (nSPS) is 10.4. The van der Waals surface area contributed by atoms with Gasteiger partial charge in [0.1, 0.15) is 0 Å². The van der Waals surface area contributed by atoms with Crippen molar-refractivity contribution >= 4 is 17.6 Å². The van der Waals surface area contributed by atoms with Gasteiger partial charge >= 0.3 is 5.97 Å². The molecule has 0 saturated carbocycles. The van der Waals surface area contributed by atoms with Crippen molar-refractivity contribution in [1.82, 2.24) is 0 Å². The minimum Gasteiger partial charge on any atom is -0.478 e. The van der Waals surface area contributed by atoms with E-state index in [9.17, 15) is 4.79 Å². The Balaban J connectivity index is 2.58. The molecule has 0 heterocycles. The monoisotopic (exact) mass is 260 g/mol. The van der Waals surface area contributed by atoms with Crippen LogP contribution in [0, 0.1) is 13.8 Å². The van der Waals surface area contributed by atoms with E-state index < -0.39 is 5.97 Å². The highest BCUT2D eigenvalue weighted by Crippen LogP contribution is 2.30. The van der Waals surface area contributed by atoms with Gasteiger partial charge in [-0.25, -0.2) is 4.79 Å². The average Bonchev–Trinajstić information content (AvgIpc) is 2.33. The number of aryl methyl sites for hydroxylation is 1. The van der Waals surface area contributed by atoms with E-state index in [0.29, 0.717) is 10.6 Å². The van der Waals surface area contributed by atoms with Crippen LogP contribution < -0.4 is 0 Å². The topological polar surface area (TPSA) is 37.3 Å². The Bertz CT molecular complexity index is 618. The number of benzene rings is 2. The van der Waals surface area contributed by atoms with Crippen LogP contribution in [-0.4, -0.2) is 11.1 Å². The first-order valence-corrected chi connectivity index (χ1v) is 5.98. The summed E-state index contributed by atoms with van der Waals surface area (Å²) in [6.07, 6.45) is 0. The first-order valence-electron chi connectivity index (χ1n) is 5.60. The van der Waals surface area contributed by atoms with Gasteiger partial charge < -0.3 is 5.11 Å². The van der Waals surface area contributed by atoms with Crippen LogP contribution in [0.5, 0.6) is 0 Å². The van der Waals surface area contributed by atoms with Crippen molar-refractivity contribution in [2.24, 2.45) is 0 Å². The molecule has 2 aromatic rings. The summed E-state index contributed by atoms with van der Waals surface area (Å²) in [5, 5.41) is 9.67. The fourth-order valence-electron chi connectivity index (χ4n) is 2.00. The van der Waals surface area contributed by atoms with E-state index in [2.05, 4.69) is 0 Å². The molecule has 0 spiro atoms. The molecule has 0 saturated heterocycles. The Morgan fingerprint density at radius 3 is 2.44 bits per heavy atom. The minimum atomic E-state index is -0.910. The zero-order valence-electron chi connectivity index (χ0n) is 10.2. The van der Waals surface area contributed by atoms with Gasteiger partial charge in [-0.3, -0.25) is 0 Å². The number of carboxylic acids is 1. The lowest BCUT2D eigenvalue weighted by Gasteiger charge is -2.11.